The predicted molar refractivity (Wildman–Crippen MR) is 423 cm³/mol. The van der Waals surface area contributed by atoms with Gasteiger partial charge in [-0.15, -0.1) is 0 Å². The Morgan fingerprint density at radius 1 is 0.262 bits per heavy atom. The van der Waals surface area contributed by atoms with E-state index in [0.29, 0.717) is 25.7 Å². The second kappa shape index (κ2) is 76.8. The number of phosphoric ester groups is 2. The van der Waals surface area contributed by atoms with Gasteiger partial charge in [0.25, 0.3) is 0 Å². The van der Waals surface area contributed by atoms with Crippen LogP contribution in [0.1, 0.15) is 452 Å². The summed E-state index contributed by atoms with van der Waals surface area (Å²) in [5.41, 5.74) is 0. The van der Waals surface area contributed by atoms with Crippen molar-refractivity contribution in [1.82, 2.24) is 0 Å². The molecule has 0 amide bonds. The summed E-state index contributed by atoms with van der Waals surface area (Å²) in [6.45, 7) is 7.30. The smallest absolute Gasteiger partial charge is 0.462 e. The van der Waals surface area contributed by atoms with Crippen LogP contribution < -0.4 is 0 Å². The summed E-state index contributed by atoms with van der Waals surface area (Å²) >= 11 is 0. The zero-order valence-corrected chi connectivity index (χ0v) is 69.3. The minimum Gasteiger partial charge on any atom is -0.462 e. The van der Waals surface area contributed by atoms with Gasteiger partial charge >= 0.3 is 39.5 Å². The maximum absolute atomic E-state index is 13.1. The van der Waals surface area contributed by atoms with Crippen molar-refractivity contribution in [3.05, 3.63) is 0 Å². The monoisotopic (exact) mass is 1510 g/mol. The van der Waals surface area contributed by atoms with Crippen LogP contribution in [0.25, 0.3) is 0 Å². The maximum atomic E-state index is 13.1. The summed E-state index contributed by atoms with van der Waals surface area (Å²) in [5.74, 6) is -1.39. The van der Waals surface area contributed by atoms with E-state index in [1.54, 1.807) is 0 Å². The summed E-state index contributed by atoms with van der Waals surface area (Å²) in [4.78, 5) is 73.1. The van der Waals surface area contributed by atoms with Crippen LogP contribution in [0.2, 0.25) is 0 Å². The molecular weight excluding hydrogens is 1340 g/mol. The van der Waals surface area contributed by atoms with Crippen molar-refractivity contribution >= 4 is 39.5 Å². The van der Waals surface area contributed by atoms with E-state index in [4.69, 9.17) is 37.0 Å². The molecule has 0 aromatic heterocycles. The highest BCUT2D eigenvalue weighted by atomic mass is 31.2. The first kappa shape index (κ1) is 101. The van der Waals surface area contributed by atoms with Gasteiger partial charge in [-0.1, -0.05) is 401 Å². The molecule has 0 aliphatic heterocycles. The molecule has 0 aromatic rings. The molecule has 2 unspecified atom stereocenters. The fourth-order valence-corrected chi connectivity index (χ4v) is 14.7. The van der Waals surface area contributed by atoms with Gasteiger partial charge < -0.3 is 33.8 Å². The third-order valence-corrected chi connectivity index (χ3v) is 21.7. The Morgan fingerprint density at radius 3 is 0.660 bits per heavy atom. The highest BCUT2D eigenvalue weighted by Gasteiger charge is 2.30. The first-order valence-electron chi connectivity index (χ1n) is 43.6. The van der Waals surface area contributed by atoms with Crippen LogP contribution in [-0.2, 0) is 65.4 Å². The molecule has 0 saturated carbocycles. The largest absolute Gasteiger partial charge is 0.472 e. The minimum atomic E-state index is -4.96. The Kier molecular flexibility index (Phi) is 75.4. The molecule has 17 nitrogen and oxygen atoms in total. The SMILES string of the molecule is CCCCCCCCCCCCCCCCCCCCCCCC(=O)O[C@H](COC(=O)CCCCCCCCCCCCCCCCCCCCCC)COP(=O)(O)OC[C@@H](O)COP(=O)(O)OC[C@@H](COC(=O)CCCCCCCCCCCCC)OC(=O)CCCCCCCCCCC(C)C. The average molecular weight is 1510 g/mol. The van der Waals surface area contributed by atoms with Gasteiger partial charge in [0, 0.05) is 25.7 Å². The number of unbranched alkanes of at least 4 members (excludes halogenated alkanes) is 56. The van der Waals surface area contributed by atoms with Crippen molar-refractivity contribution in [2.45, 2.75) is 470 Å². The van der Waals surface area contributed by atoms with Crippen LogP contribution in [0.5, 0.6) is 0 Å². The molecule has 0 aliphatic rings. The average Bonchev–Trinajstić information content (AvgIpc) is 0.914. The van der Waals surface area contributed by atoms with Crippen molar-refractivity contribution in [3.8, 4) is 0 Å². The Balaban J connectivity index is 5.20. The van der Waals surface area contributed by atoms with E-state index in [2.05, 4.69) is 34.6 Å². The normalized spacial score (nSPS) is 13.8. The molecule has 0 heterocycles. The van der Waals surface area contributed by atoms with Gasteiger partial charge in [0.1, 0.15) is 19.3 Å². The molecule has 0 spiro atoms. The van der Waals surface area contributed by atoms with E-state index in [9.17, 15) is 43.2 Å². The van der Waals surface area contributed by atoms with Crippen LogP contribution >= 0.6 is 15.6 Å². The molecular formula is C84H164O17P2. The number of hydrogen-bond donors (Lipinski definition) is 3. The molecule has 103 heavy (non-hydrogen) atoms. The summed E-state index contributed by atoms with van der Waals surface area (Å²) in [6.07, 6.45) is 69.6. The van der Waals surface area contributed by atoms with Crippen molar-refractivity contribution in [1.29, 1.82) is 0 Å². The third-order valence-electron chi connectivity index (χ3n) is 19.8. The fourth-order valence-electron chi connectivity index (χ4n) is 13.1. The molecule has 0 radical (unpaired) electrons. The van der Waals surface area contributed by atoms with Crippen LogP contribution in [0.3, 0.4) is 0 Å². The van der Waals surface area contributed by atoms with Gasteiger partial charge in [0.2, 0.25) is 0 Å². The van der Waals surface area contributed by atoms with E-state index < -0.39 is 97.5 Å². The number of esters is 4. The number of carbonyl (C=O) groups excluding carboxylic acids is 4. The number of aliphatic hydroxyl groups is 1. The lowest BCUT2D eigenvalue weighted by Crippen LogP contribution is -2.30. The van der Waals surface area contributed by atoms with Crippen molar-refractivity contribution in [2.75, 3.05) is 39.6 Å². The summed E-state index contributed by atoms with van der Waals surface area (Å²) in [6, 6.07) is 0. The summed E-state index contributed by atoms with van der Waals surface area (Å²) < 4.78 is 68.8. The van der Waals surface area contributed by atoms with Gasteiger partial charge in [0.15, 0.2) is 12.2 Å². The standard InChI is InChI=1S/C84H164O17P2/c1-6-9-12-15-18-21-24-26-28-30-32-34-36-38-40-42-45-48-54-59-64-69-83(88)100-79(73-95-82(87)68-63-58-53-47-44-41-39-37-35-33-31-29-27-25-22-19-16-13-10-7-2)75-98-102(90,91)96-71-78(85)72-97-103(92,93)99-76-80(101-84(89)70-65-60-55-50-49-51-56-61-66-77(4)5)74-94-81(86)67-62-57-52-46-43-23-20-17-14-11-8-3/h77-80,85H,6-76H2,1-5H3,(H,90,91)(H,92,93)/t78-,79-,80-/m1/s1. The molecule has 0 aromatic carbocycles. The van der Waals surface area contributed by atoms with Gasteiger partial charge in [0.05, 0.1) is 26.4 Å². The maximum Gasteiger partial charge on any atom is 0.472 e. The molecule has 5 atom stereocenters. The molecule has 0 saturated heterocycles. The molecule has 3 N–H and O–H groups in total. The van der Waals surface area contributed by atoms with Gasteiger partial charge in [-0.3, -0.25) is 37.3 Å². The quantitative estimate of drug-likeness (QED) is 0.0222. The zero-order chi connectivity index (χ0) is 75.5. The van der Waals surface area contributed by atoms with E-state index in [0.717, 1.165) is 95.8 Å². The Labute approximate surface area is 632 Å². The van der Waals surface area contributed by atoms with Crippen LogP contribution in [0.15, 0.2) is 0 Å². The second-order valence-electron chi connectivity index (χ2n) is 30.7. The Morgan fingerprint density at radius 2 is 0.447 bits per heavy atom. The molecule has 0 bridgehead atoms. The van der Waals surface area contributed by atoms with E-state index in [-0.39, 0.29) is 25.7 Å². The fraction of sp³-hybridized carbons (Fsp3) is 0.952. The van der Waals surface area contributed by atoms with E-state index in [1.807, 2.05) is 0 Å². The molecule has 0 aliphatic carbocycles. The lowest BCUT2D eigenvalue weighted by molar-refractivity contribution is -0.161. The number of carbonyl (C=O) groups is 4. The van der Waals surface area contributed by atoms with Gasteiger partial charge in [-0.2, -0.15) is 0 Å². The highest BCUT2D eigenvalue weighted by Crippen LogP contribution is 2.45. The minimum absolute atomic E-state index is 0.105. The lowest BCUT2D eigenvalue weighted by atomic mass is 10.0. The number of hydrogen-bond acceptors (Lipinski definition) is 15. The van der Waals surface area contributed by atoms with Crippen molar-refractivity contribution in [3.63, 3.8) is 0 Å². The first-order valence-corrected chi connectivity index (χ1v) is 46.6. The Bertz CT molecular complexity index is 1960. The van der Waals surface area contributed by atoms with Crippen LogP contribution in [0, 0.1) is 5.92 Å². The predicted octanol–water partition coefficient (Wildman–Crippen LogP) is 25.6. The second-order valence-corrected chi connectivity index (χ2v) is 33.6. The Hall–Kier alpha value is -1.94. The summed E-state index contributed by atoms with van der Waals surface area (Å²) in [7, 11) is -9.92. The third kappa shape index (κ3) is 78.0. The van der Waals surface area contributed by atoms with E-state index >= 15 is 0 Å². The highest BCUT2D eigenvalue weighted by molar-refractivity contribution is 7.47. The number of phosphoric acid groups is 2. The molecule has 19 heteroatoms. The molecule has 612 valence electrons. The number of rotatable bonds is 84. The first-order chi connectivity index (χ1) is 50.0. The van der Waals surface area contributed by atoms with Crippen molar-refractivity contribution < 1.29 is 80.2 Å². The molecule has 0 rings (SSSR count). The zero-order valence-electron chi connectivity index (χ0n) is 67.5. The summed E-state index contributed by atoms with van der Waals surface area (Å²) in [5, 5.41) is 10.7. The van der Waals surface area contributed by atoms with Crippen LogP contribution in [0.4, 0.5) is 0 Å². The topological polar surface area (TPSA) is 237 Å². The van der Waals surface area contributed by atoms with E-state index in [1.165, 1.54) is 276 Å². The number of aliphatic hydroxyl groups excluding tert-OH is 1. The van der Waals surface area contributed by atoms with Gasteiger partial charge in [-0.05, 0) is 31.6 Å². The lowest BCUT2D eigenvalue weighted by Gasteiger charge is -2.21. The van der Waals surface area contributed by atoms with Crippen LogP contribution in [-0.4, -0.2) is 96.7 Å². The molecule has 0 fully saturated rings. The van der Waals surface area contributed by atoms with Gasteiger partial charge in [-0.25, -0.2) is 9.13 Å². The number of ether oxygens (including phenoxy) is 4. The van der Waals surface area contributed by atoms with Crippen molar-refractivity contribution in [2.24, 2.45) is 5.92 Å².